The zero-order chi connectivity index (χ0) is 19.3. The van der Waals surface area contributed by atoms with Crippen LogP contribution in [0.15, 0.2) is 109 Å². The average molecular weight is 447 g/mol. The Morgan fingerprint density at radius 1 is 0.893 bits per heavy atom. The summed E-state index contributed by atoms with van der Waals surface area (Å²) in [5.74, 6) is 0.608. The second-order valence-electron chi connectivity index (χ2n) is 7.71. The zero-order valence-corrected chi connectivity index (χ0v) is 18.6. The summed E-state index contributed by atoms with van der Waals surface area (Å²) in [6, 6.07) is 25.0. The van der Waals surface area contributed by atoms with Gasteiger partial charge in [-0.25, -0.2) is 0 Å². The Hall–Kier alpha value is -2.03. The standard InChI is InChI=1S/C26H23BrS/c1-18-10-14-20(15-11-18)28(21-16-12-19(2)13-17-21)24-8-4-3-6-22(24)26-23(27)7-5-9-25(26)28/h3-12,14-17,19H,13H2,1-2H3. The number of hydrogen-bond acceptors (Lipinski definition) is 0. The third-order valence-corrected chi connectivity index (χ3v) is 10.5. The van der Waals surface area contributed by atoms with E-state index in [4.69, 9.17) is 0 Å². The topological polar surface area (TPSA) is 0 Å². The lowest BCUT2D eigenvalue weighted by molar-refractivity contribution is 0.735. The fraction of sp³-hybridized carbons (Fsp3) is 0.154. The van der Waals surface area contributed by atoms with E-state index in [-0.39, 0.29) is 0 Å². The molecule has 0 fully saturated rings. The lowest BCUT2D eigenvalue weighted by Gasteiger charge is -2.41. The van der Waals surface area contributed by atoms with Gasteiger partial charge in [-0.15, -0.1) is 10.0 Å². The number of benzene rings is 3. The smallest absolute Gasteiger partial charge is 0.0265 e. The first-order valence-electron chi connectivity index (χ1n) is 9.79. The van der Waals surface area contributed by atoms with E-state index in [0.717, 1.165) is 6.42 Å². The Balaban J connectivity index is 1.92. The van der Waals surface area contributed by atoms with Crippen molar-refractivity contribution >= 4 is 26.0 Å². The fourth-order valence-corrected chi connectivity index (χ4v) is 9.40. The van der Waals surface area contributed by atoms with E-state index in [2.05, 4.69) is 115 Å². The van der Waals surface area contributed by atoms with Crippen LogP contribution in [0.2, 0.25) is 0 Å². The molecule has 0 nitrogen and oxygen atoms in total. The van der Waals surface area contributed by atoms with Crippen molar-refractivity contribution < 1.29 is 0 Å². The van der Waals surface area contributed by atoms with E-state index in [0.29, 0.717) is 5.92 Å². The number of allylic oxidation sites excluding steroid dienone is 3. The van der Waals surface area contributed by atoms with Crippen LogP contribution < -0.4 is 0 Å². The van der Waals surface area contributed by atoms with Gasteiger partial charge in [-0.1, -0.05) is 83.0 Å². The molecule has 2 unspecified atom stereocenters. The first kappa shape index (κ1) is 18.0. The highest BCUT2D eigenvalue weighted by molar-refractivity contribution is 9.10. The predicted molar refractivity (Wildman–Crippen MR) is 124 cm³/mol. The molecule has 0 amide bonds. The van der Waals surface area contributed by atoms with Crippen LogP contribution in [0, 0.1) is 12.8 Å². The molecule has 5 rings (SSSR count). The van der Waals surface area contributed by atoms with Crippen LogP contribution in [0.5, 0.6) is 0 Å². The molecule has 3 aromatic rings. The van der Waals surface area contributed by atoms with Crippen molar-refractivity contribution in [2.45, 2.75) is 35.0 Å². The van der Waals surface area contributed by atoms with Gasteiger partial charge in [0.2, 0.25) is 0 Å². The summed E-state index contributed by atoms with van der Waals surface area (Å²) in [4.78, 5) is 5.81. The van der Waals surface area contributed by atoms with Gasteiger partial charge in [-0.3, -0.25) is 0 Å². The lowest BCUT2D eigenvalue weighted by atomic mass is 10.0. The van der Waals surface area contributed by atoms with Gasteiger partial charge >= 0.3 is 0 Å². The number of aryl methyl sites for hydroxylation is 1. The molecule has 2 aliphatic rings. The highest BCUT2D eigenvalue weighted by atomic mass is 79.9. The maximum absolute atomic E-state index is 3.86. The monoisotopic (exact) mass is 446 g/mol. The van der Waals surface area contributed by atoms with Crippen LogP contribution in [0.1, 0.15) is 18.9 Å². The molecule has 0 aromatic heterocycles. The fourth-order valence-electron chi connectivity index (χ4n) is 4.40. The number of halogens is 1. The normalized spacial score (nSPS) is 24.8. The highest BCUT2D eigenvalue weighted by Gasteiger charge is 2.43. The van der Waals surface area contributed by atoms with Gasteiger partial charge in [-0.05, 0) is 60.1 Å². The molecule has 140 valence electrons. The van der Waals surface area contributed by atoms with Gasteiger partial charge in [-0.2, -0.15) is 0 Å². The molecule has 2 atom stereocenters. The van der Waals surface area contributed by atoms with Gasteiger partial charge in [0, 0.05) is 24.7 Å². The summed E-state index contributed by atoms with van der Waals surface area (Å²) in [5.41, 5.74) is 4.04. The van der Waals surface area contributed by atoms with Crippen molar-refractivity contribution in [2.24, 2.45) is 5.92 Å². The minimum absolute atomic E-state index is 0.608. The van der Waals surface area contributed by atoms with Gasteiger partial charge in [0.25, 0.3) is 0 Å². The zero-order valence-electron chi connectivity index (χ0n) is 16.2. The van der Waals surface area contributed by atoms with E-state index in [1.165, 1.54) is 40.8 Å². The molecular formula is C26H23BrS. The molecule has 0 radical (unpaired) electrons. The van der Waals surface area contributed by atoms with Crippen molar-refractivity contribution in [3.8, 4) is 11.1 Å². The molecular weight excluding hydrogens is 424 g/mol. The quantitative estimate of drug-likeness (QED) is 0.369. The molecule has 0 bridgehead atoms. The Morgan fingerprint density at radius 2 is 1.64 bits per heavy atom. The van der Waals surface area contributed by atoms with Crippen molar-refractivity contribution in [3.05, 3.63) is 99.9 Å². The highest BCUT2D eigenvalue weighted by Crippen LogP contribution is 2.80. The van der Waals surface area contributed by atoms with E-state index in [9.17, 15) is 0 Å². The minimum atomic E-state index is -1.48. The van der Waals surface area contributed by atoms with E-state index in [1.54, 1.807) is 0 Å². The van der Waals surface area contributed by atoms with Crippen LogP contribution in [0.3, 0.4) is 0 Å². The Kier molecular flexibility index (Phi) is 4.37. The van der Waals surface area contributed by atoms with Crippen molar-refractivity contribution in [2.75, 3.05) is 0 Å². The van der Waals surface area contributed by atoms with Gasteiger partial charge < -0.3 is 0 Å². The van der Waals surface area contributed by atoms with Crippen LogP contribution in [-0.4, -0.2) is 0 Å². The van der Waals surface area contributed by atoms with Crippen LogP contribution >= 0.6 is 26.0 Å². The van der Waals surface area contributed by atoms with Crippen molar-refractivity contribution in [1.82, 2.24) is 0 Å². The summed E-state index contributed by atoms with van der Waals surface area (Å²) in [5, 5.41) is 0. The van der Waals surface area contributed by atoms with Crippen molar-refractivity contribution in [1.29, 1.82) is 0 Å². The average Bonchev–Trinajstić information content (AvgIpc) is 3.02. The Labute approximate surface area is 177 Å². The summed E-state index contributed by atoms with van der Waals surface area (Å²) in [6.45, 7) is 4.46. The molecule has 2 heteroatoms. The number of fused-ring (bicyclic) bond motifs is 3. The SMILES string of the molecule is Cc1ccc(S2(C3=CCC(C)C=C3)c3ccccc3-c3c(Br)cccc32)cc1. The summed E-state index contributed by atoms with van der Waals surface area (Å²) in [7, 11) is -1.48. The molecule has 3 aromatic carbocycles. The second kappa shape index (κ2) is 6.79. The molecule has 1 aliphatic heterocycles. The van der Waals surface area contributed by atoms with E-state index in [1.807, 2.05) is 0 Å². The molecule has 1 heterocycles. The number of hydrogen-bond donors (Lipinski definition) is 0. The van der Waals surface area contributed by atoms with Gasteiger partial charge in [0.1, 0.15) is 0 Å². The predicted octanol–water partition coefficient (Wildman–Crippen LogP) is 8.50. The summed E-state index contributed by atoms with van der Waals surface area (Å²) >= 11 is 3.86. The van der Waals surface area contributed by atoms with Crippen LogP contribution in [0.4, 0.5) is 0 Å². The number of rotatable bonds is 2. The van der Waals surface area contributed by atoms with E-state index >= 15 is 0 Å². The Bertz CT molecular complexity index is 1120. The molecule has 0 N–H and O–H groups in total. The molecule has 1 aliphatic carbocycles. The first-order valence-corrected chi connectivity index (χ1v) is 12.2. The summed E-state index contributed by atoms with van der Waals surface area (Å²) < 4.78 is 1.19. The maximum Gasteiger partial charge on any atom is 0.0265 e. The van der Waals surface area contributed by atoms with Crippen molar-refractivity contribution in [3.63, 3.8) is 0 Å². The van der Waals surface area contributed by atoms with Crippen LogP contribution in [0.25, 0.3) is 11.1 Å². The van der Waals surface area contributed by atoms with Gasteiger partial charge in [0.15, 0.2) is 0 Å². The largest absolute Gasteiger partial charge is 0.132 e. The van der Waals surface area contributed by atoms with E-state index < -0.39 is 10.0 Å². The Morgan fingerprint density at radius 3 is 2.39 bits per heavy atom. The van der Waals surface area contributed by atoms with Gasteiger partial charge in [0.05, 0.1) is 0 Å². The lowest BCUT2D eigenvalue weighted by Crippen LogP contribution is -2.06. The third kappa shape index (κ3) is 2.51. The first-order chi connectivity index (χ1) is 13.6. The summed E-state index contributed by atoms with van der Waals surface area (Å²) in [6.07, 6.45) is 8.39. The third-order valence-electron chi connectivity index (χ3n) is 5.80. The molecule has 0 saturated carbocycles. The molecule has 28 heavy (non-hydrogen) atoms. The molecule has 0 spiro atoms. The second-order valence-corrected chi connectivity index (χ2v) is 11.6. The minimum Gasteiger partial charge on any atom is -0.132 e. The maximum atomic E-state index is 3.86. The molecule has 0 saturated heterocycles. The van der Waals surface area contributed by atoms with Crippen LogP contribution in [-0.2, 0) is 0 Å².